The monoisotopic (exact) mass is 232 g/mol. The second-order valence-electron chi connectivity index (χ2n) is 4.28. The van der Waals surface area contributed by atoms with Gasteiger partial charge >= 0.3 is 0 Å². The Hall–Kier alpha value is -1.98. The van der Waals surface area contributed by atoms with Crippen LogP contribution >= 0.6 is 0 Å². The highest BCUT2D eigenvalue weighted by Gasteiger charge is 2.16. The summed E-state index contributed by atoms with van der Waals surface area (Å²) in [7, 11) is 1.86. The number of hydrogen-bond donors (Lipinski definition) is 2. The largest absolute Gasteiger partial charge is 0.384 e. The smallest absolute Gasteiger partial charge is 0.182 e. The van der Waals surface area contributed by atoms with Gasteiger partial charge in [-0.25, -0.2) is 4.98 Å². The molecule has 17 heavy (non-hydrogen) atoms. The molecule has 3 heterocycles. The van der Waals surface area contributed by atoms with Gasteiger partial charge in [-0.3, -0.25) is 0 Å². The summed E-state index contributed by atoms with van der Waals surface area (Å²) in [5.41, 5.74) is 7.69. The lowest BCUT2D eigenvalue weighted by molar-refractivity contribution is 0.906. The minimum absolute atomic E-state index is 0.624. The summed E-state index contributed by atoms with van der Waals surface area (Å²) in [5.74, 6) is 1.57. The van der Waals surface area contributed by atoms with Gasteiger partial charge in [0.05, 0.1) is 11.9 Å². The van der Waals surface area contributed by atoms with Crippen LogP contribution in [-0.4, -0.2) is 34.7 Å². The summed E-state index contributed by atoms with van der Waals surface area (Å²) in [5, 5.41) is 7.28. The number of nitrogens with two attached hydrogens (primary N) is 1. The van der Waals surface area contributed by atoms with Crippen molar-refractivity contribution in [3.05, 3.63) is 12.3 Å². The fourth-order valence-corrected chi connectivity index (χ4v) is 2.26. The Kier molecular flexibility index (Phi) is 2.28. The van der Waals surface area contributed by atoms with Gasteiger partial charge in [-0.1, -0.05) is 0 Å². The molecule has 90 valence electrons. The third kappa shape index (κ3) is 1.56. The van der Waals surface area contributed by atoms with Gasteiger partial charge in [0, 0.05) is 26.2 Å². The molecule has 1 aliphatic heterocycles. The molecule has 0 aliphatic carbocycles. The lowest BCUT2D eigenvalue weighted by Crippen LogP contribution is -2.20. The molecule has 3 rings (SSSR count). The van der Waals surface area contributed by atoms with Crippen molar-refractivity contribution in [1.82, 2.24) is 14.6 Å². The van der Waals surface area contributed by atoms with Crippen molar-refractivity contribution in [3.8, 4) is 0 Å². The molecule has 0 aromatic carbocycles. The third-order valence-electron chi connectivity index (χ3n) is 3.19. The Balaban J connectivity index is 2.13. The number of aromatic nitrogens is 3. The molecule has 2 aromatic rings. The van der Waals surface area contributed by atoms with Crippen LogP contribution in [0, 0.1) is 0 Å². The highest BCUT2D eigenvalue weighted by molar-refractivity contribution is 5.71. The number of nitrogen functional groups attached to an aromatic ring is 1. The Morgan fingerprint density at radius 3 is 2.82 bits per heavy atom. The van der Waals surface area contributed by atoms with Crippen molar-refractivity contribution in [1.29, 1.82) is 0 Å². The van der Waals surface area contributed by atoms with Crippen LogP contribution in [0.1, 0.15) is 12.8 Å². The first kappa shape index (κ1) is 10.2. The van der Waals surface area contributed by atoms with Gasteiger partial charge in [-0.15, -0.1) is 0 Å². The molecule has 6 heteroatoms. The summed E-state index contributed by atoms with van der Waals surface area (Å²) >= 11 is 0. The minimum Gasteiger partial charge on any atom is -0.384 e. The molecule has 0 atom stereocenters. The first-order valence-corrected chi connectivity index (χ1v) is 5.86. The Labute approximate surface area is 99.4 Å². The number of rotatable bonds is 2. The number of anilines is 3. The minimum atomic E-state index is 0.624. The van der Waals surface area contributed by atoms with Crippen LogP contribution in [0.2, 0.25) is 0 Å². The molecule has 2 aromatic heterocycles. The average molecular weight is 232 g/mol. The maximum absolute atomic E-state index is 6.00. The van der Waals surface area contributed by atoms with Crippen molar-refractivity contribution in [2.45, 2.75) is 12.8 Å². The maximum atomic E-state index is 6.00. The number of fused-ring (bicyclic) bond motifs is 1. The van der Waals surface area contributed by atoms with E-state index in [1.54, 1.807) is 10.7 Å². The normalized spacial score (nSPS) is 15.7. The van der Waals surface area contributed by atoms with Crippen molar-refractivity contribution in [2.24, 2.45) is 0 Å². The van der Waals surface area contributed by atoms with E-state index in [1.807, 2.05) is 13.1 Å². The van der Waals surface area contributed by atoms with Crippen LogP contribution < -0.4 is 16.0 Å². The summed E-state index contributed by atoms with van der Waals surface area (Å²) in [4.78, 5) is 6.90. The molecule has 1 fully saturated rings. The second-order valence-corrected chi connectivity index (χ2v) is 4.28. The van der Waals surface area contributed by atoms with Crippen LogP contribution in [0.5, 0.6) is 0 Å². The lowest BCUT2D eigenvalue weighted by Gasteiger charge is -2.17. The van der Waals surface area contributed by atoms with E-state index in [4.69, 9.17) is 5.73 Å². The third-order valence-corrected chi connectivity index (χ3v) is 3.19. The predicted molar refractivity (Wildman–Crippen MR) is 68.4 cm³/mol. The quantitative estimate of drug-likeness (QED) is 0.806. The molecular formula is C11H16N6. The summed E-state index contributed by atoms with van der Waals surface area (Å²) < 4.78 is 1.66. The van der Waals surface area contributed by atoms with Crippen molar-refractivity contribution in [2.75, 3.05) is 36.1 Å². The van der Waals surface area contributed by atoms with E-state index >= 15 is 0 Å². The van der Waals surface area contributed by atoms with Crippen LogP contribution in [0.3, 0.4) is 0 Å². The average Bonchev–Trinajstić information content (AvgIpc) is 2.97. The molecule has 0 spiro atoms. The standard InChI is InChI=1S/C11H16N6/c1-13-8-7-14-17-9(12)6-10(15-11(8)17)16-4-2-3-5-16/h6-7,13H,2-5,12H2,1H3. The van der Waals surface area contributed by atoms with Crippen LogP contribution in [-0.2, 0) is 0 Å². The summed E-state index contributed by atoms with van der Waals surface area (Å²) in [6.07, 6.45) is 4.20. The van der Waals surface area contributed by atoms with E-state index in [0.29, 0.717) is 5.82 Å². The number of nitrogens with one attached hydrogen (secondary N) is 1. The predicted octanol–water partition coefficient (Wildman–Crippen LogP) is 0.953. The molecule has 0 saturated carbocycles. The number of hydrogen-bond acceptors (Lipinski definition) is 5. The molecule has 0 radical (unpaired) electrons. The maximum Gasteiger partial charge on any atom is 0.182 e. The SMILES string of the molecule is CNc1cnn2c(N)cc(N3CCCC3)nc12. The van der Waals surface area contributed by atoms with Gasteiger partial charge in [0.15, 0.2) is 5.65 Å². The zero-order chi connectivity index (χ0) is 11.8. The molecule has 6 nitrogen and oxygen atoms in total. The molecular weight excluding hydrogens is 216 g/mol. The van der Waals surface area contributed by atoms with E-state index in [1.165, 1.54) is 12.8 Å². The zero-order valence-corrected chi connectivity index (χ0v) is 9.85. The van der Waals surface area contributed by atoms with Gasteiger partial charge in [-0.2, -0.15) is 9.61 Å². The van der Waals surface area contributed by atoms with E-state index in [0.717, 1.165) is 30.2 Å². The molecule has 1 saturated heterocycles. The second kappa shape index (κ2) is 3.80. The Morgan fingerprint density at radius 2 is 2.12 bits per heavy atom. The first-order valence-electron chi connectivity index (χ1n) is 5.86. The van der Waals surface area contributed by atoms with Gasteiger partial charge in [0.2, 0.25) is 0 Å². The number of nitrogens with zero attached hydrogens (tertiary/aromatic N) is 4. The lowest BCUT2D eigenvalue weighted by atomic mass is 10.4. The summed E-state index contributed by atoms with van der Waals surface area (Å²) in [6, 6.07) is 1.89. The zero-order valence-electron chi connectivity index (χ0n) is 9.85. The van der Waals surface area contributed by atoms with E-state index < -0.39 is 0 Å². The highest BCUT2D eigenvalue weighted by Crippen LogP contribution is 2.24. The van der Waals surface area contributed by atoms with Crippen LogP contribution in [0.25, 0.3) is 5.65 Å². The van der Waals surface area contributed by atoms with E-state index in [2.05, 4.69) is 20.3 Å². The fraction of sp³-hybridized carbons (Fsp3) is 0.455. The van der Waals surface area contributed by atoms with Crippen molar-refractivity contribution in [3.63, 3.8) is 0 Å². The van der Waals surface area contributed by atoms with Gasteiger partial charge in [-0.05, 0) is 12.8 Å². The Bertz CT molecular complexity index is 540. The highest BCUT2D eigenvalue weighted by atomic mass is 15.3. The van der Waals surface area contributed by atoms with Gasteiger partial charge < -0.3 is 16.0 Å². The molecule has 0 unspecified atom stereocenters. The van der Waals surface area contributed by atoms with Crippen LogP contribution in [0.4, 0.5) is 17.3 Å². The van der Waals surface area contributed by atoms with Gasteiger partial charge in [0.25, 0.3) is 0 Å². The molecule has 0 amide bonds. The van der Waals surface area contributed by atoms with E-state index in [-0.39, 0.29) is 0 Å². The van der Waals surface area contributed by atoms with Gasteiger partial charge in [0.1, 0.15) is 11.6 Å². The topological polar surface area (TPSA) is 71.5 Å². The van der Waals surface area contributed by atoms with Crippen molar-refractivity contribution < 1.29 is 0 Å². The molecule has 0 bridgehead atoms. The Morgan fingerprint density at radius 1 is 1.35 bits per heavy atom. The van der Waals surface area contributed by atoms with E-state index in [9.17, 15) is 0 Å². The first-order chi connectivity index (χ1) is 8.29. The van der Waals surface area contributed by atoms with Crippen molar-refractivity contribution >= 4 is 23.0 Å². The molecule has 1 aliphatic rings. The molecule has 3 N–H and O–H groups in total. The fourth-order valence-electron chi connectivity index (χ4n) is 2.26. The summed E-state index contributed by atoms with van der Waals surface area (Å²) in [6.45, 7) is 2.12. The van der Waals surface area contributed by atoms with Crippen LogP contribution in [0.15, 0.2) is 12.3 Å².